The largest absolute Gasteiger partial charge is 0.489 e. The van der Waals surface area contributed by atoms with Gasteiger partial charge in [0.05, 0.1) is 12.9 Å². The van der Waals surface area contributed by atoms with Crippen LogP contribution in [0, 0.1) is 0 Å². The minimum Gasteiger partial charge on any atom is -0.489 e. The van der Waals surface area contributed by atoms with Crippen LogP contribution in [0.15, 0.2) is 60.7 Å². The summed E-state index contributed by atoms with van der Waals surface area (Å²) in [5.74, 6) is 0.800. The number of likely N-dealkylation sites (tertiary alicyclic amines) is 1. The van der Waals surface area contributed by atoms with Gasteiger partial charge in [0.1, 0.15) is 11.9 Å². The molecule has 3 aromatic carbocycles. The number of anilines is 1. The molecule has 1 saturated heterocycles. The maximum Gasteiger partial charge on any atom is 0.229 e. The Labute approximate surface area is 246 Å². The van der Waals surface area contributed by atoms with E-state index in [9.17, 15) is 12.8 Å². The second-order valence-electron chi connectivity index (χ2n) is 10.5. The first kappa shape index (κ1) is 28.9. The predicted molar refractivity (Wildman–Crippen MR) is 163 cm³/mol. The van der Waals surface area contributed by atoms with Crippen LogP contribution in [0.2, 0.25) is 10.0 Å². The van der Waals surface area contributed by atoms with Crippen LogP contribution >= 0.6 is 23.2 Å². The van der Waals surface area contributed by atoms with Crippen molar-refractivity contribution in [2.24, 2.45) is 0 Å². The second kappa shape index (κ2) is 12.5. The van der Waals surface area contributed by atoms with E-state index in [4.69, 9.17) is 27.9 Å². The van der Waals surface area contributed by atoms with Crippen LogP contribution in [0.1, 0.15) is 47.9 Å². The molecule has 9 heteroatoms. The van der Waals surface area contributed by atoms with E-state index in [1.54, 1.807) is 12.1 Å². The van der Waals surface area contributed by atoms with Crippen molar-refractivity contribution in [3.8, 4) is 5.75 Å². The minimum absolute atomic E-state index is 0.0903. The van der Waals surface area contributed by atoms with Gasteiger partial charge in [0, 0.05) is 35.4 Å². The van der Waals surface area contributed by atoms with E-state index >= 15 is 0 Å². The van der Waals surface area contributed by atoms with E-state index in [0.717, 1.165) is 90.7 Å². The monoisotopic (exact) mass is 602 g/mol. The molecule has 0 radical (unpaired) electrons. The zero-order chi connectivity index (χ0) is 28.3. The van der Waals surface area contributed by atoms with Gasteiger partial charge in [-0.25, -0.2) is 8.42 Å². The Morgan fingerprint density at radius 3 is 2.52 bits per heavy atom. The van der Waals surface area contributed by atoms with Gasteiger partial charge in [0.25, 0.3) is 0 Å². The smallest absolute Gasteiger partial charge is 0.229 e. The highest BCUT2D eigenvalue weighted by atomic mass is 35.5. The van der Waals surface area contributed by atoms with Gasteiger partial charge in [-0.05, 0) is 102 Å². The molecule has 1 fully saturated rings. The van der Waals surface area contributed by atoms with Gasteiger partial charge in [0.15, 0.2) is 0 Å². The molecular weight excluding hydrogens is 570 g/mol. The standard InChI is InChI=1S/C31H33Cl2FN2O3S/c1-40(37,38)35-24-9-13-27-22(18-24)4-2-5-29(28-12-8-23(32)19-30(28)33)31(27)21-6-10-25(11-7-21)39-26-14-17-36(20-26)16-3-15-34/h6-13,18-19,26,35H,2-5,14-17,20H2,1H3/t26-/m0/s1. The number of fused-ring (bicyclic) bond motifs is 1. The predicted octanol–water partition coefficient (Wildman–Crippen LogP) is 7.47. The third-order valence-corrected chi connectivity index (χ3v) is 8.55. The van der Waals surface area contributed by atoms with Gasteiger partial charge in [-0.1, -0.05) is 47.5 Å². The highest BCUT2D eigenvalue weighted by molar-refractivity contribution is 7.92. The maximum absolute atomic E-state index is 12.6. The first-order valence-electron chi connectivity index (χ1n) is 13.6. The molecule has 40 heavy (non-hydrogen) atoms. The molecule has 1 N–H and O–H groups in total. The van der Waals surface area contributed by atoms with Gasteiger partial charge in [-0.2, -0.15) is 0 Å². The maximum atomic E-state index is 12.6. The van der Waals surface area contributed by atoms with Crippen LogP contribution in [0.3, 0.4) is 0 Å². The summed E-state index contributed by atoms with van der Waals surface area (Å²) in [5, 5.41) is 1.18. The number of rotatable bonds is 9. The van der Waals surface area contributed by atoms with Crippen LogP contribution in [0.5, 0.6) is 5.75 Å². The SMILES string of the molecule is CS(=O)(=O)Nc1ccc2c(c1)CCCC(c1ccc(Cl)cc1Cl)=C2c1ccc(O[C@H]2CCN(CCCF)C2)cc1. The topological polar surface area (TPSA) is 58.6 Å². The number of sulfonamides is 1. The fourth-order valence-corrected chi connectivity index (χ4v) is 6.75. The Bertz CT molecular complexity index is 1510. The van der Waals surface area contributed by atoms with Crippen molar-refractivity contribution in [3.05, 3.63) is 93.0 Å². The first-order chi connectivity index (χ1) is 19.2. The van der Waals surface area contributed by atoms with E-state index in [1.807, 2.05) is 36.4 Å². The molecule has 1 aliphatic carbocycles. The van der Waals surface area contributed by atoms with Crippen molar-refractivity contribution in [1.82, 2.24) is 4.90 Å². The molecule has 0 spiro atoms. The minimum atomic E-state index is -3.39. The number of benzene rings is 3. The summed E-state index contributed by atoms with van der Waals surface area (Å²) in [6.07, 6.45) is 5.21. The third-order valence-electron chi connectivity index (χ3n) is 7.39. The van der Waals surface area contributed by atoms with E-state index in [-0.39, 0.29) is 12.8 Å². The molecular formula is C31H33Cl2FN2O3S. The molecule has 3 aromatic rings. The summed E-state index contributed by atoms with van der Waals surface area (Å²) < 4.78 is 45.2. The highest BCUT2D eigenvalue weighted by Crippen LogP contribution is 2.43. The van der Waals surface area contributed by atoms with E-state index < -0.39 is 10.0 Å². The molecule has 0 amide bonds. The lowest BCUT2D eigenvalue weighted by molar-refractivity contribution is 0.198. The summed E-state index contributed by atoms with van der Waals surface area (Å²) in [6.45, 7) is 2.21. The van der Waals surface area contributed by atoms with Crippen LogP contribution in [-0.2, 0) is 16.4 Å². The van der Waals surface area contributed by atoms with Crippen molar-refractivity contribution in [2.75, 3.05) is 37.3 Å². The first-order valence-corrected chi connectivity index (χ1v) is 16.2. The average molecular weight is 604 g/mol. The van der Waals surface area contributed by atoms with Crippen molar-refractivity contribution in [3.63, 3.8) is 0 Å². The van der Waals surface area contributed by atoms with Gasteiger partial charge in [0.2, 0.25) is 10.0 Å². The molecule has 5 rings (SSSR count). The van der Waals surface area contributed by atoms with Gasteiger partial charge < -0.3 is 4.74 Å². The summed E-state index contributed by atoms with van der Waals surface area (Å²) in [6, 6.07) is 19.4. The Balaban J connectivity index is 1.51. The van der Waals surface area contributed by atoms with Crippen molar-refractivity contribution < 1.29 is 17.5 Å². The van der Waals surface area contributed by atoms with E-state index in [0.29, 0.717) is 22.2 Å². The molecule has 0 bridgehead atoms. The number of hydrogen-bond acceptors (Lipinski definition) is 4. The molecule has 0 saturated carbocycles. The van der Waals surface area contributed by atoms with Crippen LogP contribution < -0.4 is 9.46 Å². The van der Waals surface area contributed by atoms with Crippen LogP contribution in [0.4, 0.5) is 10.1 Å². The van der Waals surface area contributed by atoms with E-state index in [2.05, 4.69) is 21.8 Å². The normalized spacial score (nSPS) is 17.9. The lowest BCUT2D eigenvalue weighted by Crippen LogP contribution is -2.26. The van der Waals surface area contributed by atoms with Crippen molar-refractivity contribution in [2.45, 2.75) is 38.2 Å². The Morgan fingerprint density at radius 1 is 1.02 bits per heavy atom. The number of nitrogens with zero attached hydrogens (tertiary/aromatic N) is 1. The summed E-state index contributed by atoms with van der Waals surface area (Å²) >= 11 is 12.9. The number of alkyl halides is 1. The zero-order valence-corrected chi connectivity index (χ0v) is 24.8. The summed E-state index contributed by atoms with van der Waals surface area (Å²) in [7, 11) is -3.39. The average Bonchev–Trinajstić information content (AvgIpc) is 3.26. The lowest BCUT2D eigenvalue weighted by Gasteiger charge is -2.19. The van der Waals surface area contributed by atoms with Crippen LogP contribution in [-0.4, -0.2) is 52.0 Å². The molecule has 2 aliphatic rings. The van der Waals surface area contributed by atoms with Gasteiger partial charge >= 0.3 is 0 Å². The third kappa shape index (κ3) is 7.00. The van der Waals surface area contributed by atoms with Crippen LogP contribution in [0.25, 0.3) is 11.1 Å². The molecule has 212 valence electrons. The number of allylic oxidation sites excluding steroid dienone is 1. The highest BCUT2D eigenvalue weighted by Gasteiger charge is 2.25. The zero-order valence-electron chi connectivity index (χ0n) is 22.4. The Kier molecular flexibility index (Phi) is 9.05. The second-order valence-corrected chi connectivity index (χ2v) is 13.1. The molecule has 1 atom stereocenters. The quantitative estimate of drug-likeness (QED) is 0.276. The molecule has 1 aliphatic heterocycles. The fraction of sp³-hybridized carbons (Fsp3) is 0.355. The Morgan fingerprint density at radius 2 is 1.80 bits per heavy atom. The number of nitrogens with one attached hydrogen (secondary N) is 1. The van der Waals surface area contributed by atoms with Crippen molar-refractivity contribution >= 4 is 50.1 Å². The van der Waals surface area contributed by atoms with Gasteiger partial charge in [-0.15, -0.1) is 0 Å². The van der Waals surface area contributed by atoms with Crippen molar-refractivity contribution in [1.29, 1.82) is 0 Å². The number of ether oxygens (including phenoxy) is 1. The lowest BCUT2D eigenvalue weighted by atomic mass is 9.87. The van der Waals surface area contributed by atoms with E-state index in [1.165, 1.54) is 0 Å². The molecule has 0 aromatic heterocycles. The molecule has 5 nitrogen and oxygen atoms in total. The number of aryl methyl sites for hydroxylation is 1. The fourth-order valence-electron chi connectivity index (χ4n) is 5.67. The van der Waals surface area contributed by atoms with Gasteiger partial charge in [-0.3, -0.25) is 14.0 Å². The molecule has 0 unspecified atom stereocenters. The number of hydrogen-bond donors (Lipinski definition) is 1. The number of halogens is 3. The Hall–Kier alpha value is -2.58. The summed E-state index contributed by atoms with van der Waals surface area (Å²) in [4.78, 5) is 2.25. The summed E-state index contributed by atoms with van der Waals surface area (Å²) in [5.41, 5.74) is 6.82. The molecule has 1 heterocycles.